The van der Waals surface area contributed by atoms with Gasteiger partial charge in [0.25, 0.3) is 0 Å². The fraction of sp³-hybridized carbons (Fsp3) is 0.200. The van der Waals surface area contributed by atoms with E-state index in [1.807, 2.05) is 5.43 Å². The first kappa shape index (κ1) is 14.8. The molecular weight excluding hydrogens is 272 g/mol. The molecule has 0 saturated heterocycles. The normalized spacial score (nSPS) is 10.2. The van der Waals surface area contributed by atoms with E-state index in [2.05, 4.69) is 0 Å². The molecule has 0 unspecified atom stereocenters. The highest BCUT2D eigenvalue weighted by Crippen LogP contribution is 2.18. The van der Waals surface area contributed by atoms with Gasteiger partial charge in [-0.25, -0.2) is 5.84 Å². The second kappa shape index (κ2) is 6.23. The number of aryl methyl sites for hydroxylation is 1. The van der Waals surface area contributed by atoms with Crippen molar-refractivity contribution < 1.29 is 18.7 Å². The molecule has 0 aliphatic rings. The summed E-state index contributed by atoms with van der Waals surface area (Å²) in [6.45, 7) is 3.43. The predicted octanol–water partition coefficient (Wildman–Crippen LogP) is 1.97. The quantitative estimate of drug-likeness (QED) is 0.379. The summed E-state index contributed by atoms with van der Waals surface area (Å²) in [7, 11) is 0. The molecule has 0 fully saturated rings. The Bertz CT molecular complexity index is 659. The summed E-state index contributed by atoms with van der Waals surface area (Å²) < 4.78 is 10.9. The molecule has 0 spiro atoms. The molecule has 0 saturated carbocycles. The summed E-state index contributed by atoms with van der Waals surface area (Å²) in [5, 5.41) is 0. The van der Waals surface area contributed by atoms with Crippen molar-refractivity contribution >= 4 is 11.7 Å². The molecule has 21 heavy (non-hydrogen) atoms. The van der Waals surface area contributed by atoms with Crippen molar-refractivity contribution in [2.75, 3.05) is 0 Å². The Morgan fingerprint density at radius 2 is 1.95 bits per heavy atom. The molecule has 6 nitrogen and oxygen atoms in total. The number of nitrogens with one attached hydrogen (secondary N) is 1. The maximum atomic E-state index is 11.4. The third-order valence-corrected chi connectivity index (χ3v) is 2.95. The first-order valence-corrected chi connectivity index (χ1v) is 6.35. The van der Waals surface area contributed by atoms with Gasteiger partial charge >= 0.3 is 5.91 Å². The van der Waals surface area contributed by atoms with Gasteiger partial charge < -0.3 is 9.15 Å². The van der Waals surface area contributed by atoms with Gasteiger partial charge in [-0.05, 0) is 44.2 Å². The number of rotatable bonds is 5. The molecule has 0 atom stereocenters. The van der Waals surface area contributed by atoms with Gasteiger partial charge in [0.1, 0.15) is 18.1 Å². The van der Waals surface area contributed by atoms with Gasteiger partial charge in [-0.15, -0.1) is 0 Å². The molecule has 3 N–H and O–H groups in total. The van der Waals surface area contributed by atoms with E-state index >= 15 is 0 Å². The van der Waals surface area contributed by atoms with Crippen molar-refractivity contribution in [3.63, 3.8) is 0 Å². The van der Waals surface area contributed by atoms with Crippen LogP contribution in [-0.2, 0) is 6.61 Å². The molecule has 1 heterocycles. The summed E-state index contributed by atoms with van der Waals surface area (Å²) in [5.74, 6) is 5.88. The number of benzene rings is 1. The van der Waals surface area contributed by atoms with E-state index in [0.29, 0.717) is 22.6 Å². The predicted molar refractivity (Wildman–Crippen MR) is 75.9 cm³/mol. The van der Waals surface area contributed by atoms with Gasteiger partial charge in [0.15, 0.2) is 11.5 Å². The minimum atomic E-state index is -0.482. The number of nitrogen functional groups attached to an aromatic ring is 1. The van der Waals surface area contributed by atoms with Crippen molar-refractivity contribution in [1.29, 1.82) is 0 Å². The molecule has 0 radical (unpaired) electrons. The first-order chi connectivity index (χ1) is 10.0. The molecule has 1 amide bonds. The maximum Gasteiger partial charge on any atom is 0.301 e. The zero-order chi connectivity index (χ0) is 15.4. The number of hydrogen-bond donors (Lipinski definition) is 2. The molecule has 0 aliphatic heterocycles. The Morgan fingerprint density at radius 1 is 1.29 bits per heavy atom. The number of hydrazine groups is 1. The SMILES string of the molecule is CC(=O)c1ccc(OCc2cc(C)c(C(=O)NN)o2)cc1. The van der Waals surface area contributed by atoms with Crippen LogP contribution in [0.5, 0.6) is 5.75 Å². The van der Waals surface area contributed by atoms with E-state index in [9.17, 15) is 9.59 Å². The fourth-order valence-corrected chi connectivity index (χ4v) is 1.85. The molecule has 2 aromatic rings. The number of ether oxygens (including phenoxy) is 1. The summed E-state index contributed by atoms with van der Waals surface area (Å²) in [5.41, 5.74) is 3.33. The number of nitrogens with two attached hydrogens (primary N) is 1. The van der Waals surface area contributed by atoms with Crippen LogP contribution in [0.3, 0.4) is 0 Å². The van der Waals surface area contributed by atoms with Gasteiger partial charge in [-0.2, -0.15) is 0 Å². The largest absolute Gasteiger partial charge is 0.486 e. The van der Waals surface area contributed by atoms with Crippen molar-refractivity contribution in [3.05, 3.63) is 53.0 Å². The first-order valence-electron chi connectivity index (χ1n) is 6.35. The highest BCUT2D eigenvalue weighted by Gasteiger charge is 2.14. The lowest BCUT2D eigenvalue weighted by Gasteiger charge is -2.04. The van der Waals surface area contributed by atoms with Crippen LogP contribution in [0.15, 0.2) is 34.7 Å². The lowest BCUT2D eigenvalue weighted by atomic mass is 10.1. The average Bonchev–Trinajstić information content (AvgIpc) is 2.86. The lowest BCUT2D eigenvalue weighted by molar-refractivity contribution is 0.0920. The van der Waals surface area contributed by atoms with Gasteiger partial charge in [0, 0.05) is 11.1 Å². The van der Waals surface area contributed by atoms with Crippen LogP contribution in [0.2, 0.25) is 0 Å². The number of furan rings is 1. The van der Waals surface area contributed by atoms with Gasteiger partial charge in [0.05, 0.1) is 0 Å². The van der Waals surface area contributed by atoms with Crippen LogP contribution in [0.1, 0.15) is 39.2 Å². The number of Topliss-reactive ketones (excluding diaryl/α,β-unsaturated/α-hetero) is 1. The molecule has 0 bridgehead atoms. The average molecular weight is 288 g/mol. The fourth-order valence-electron chi connectivity index (χ4n) is 1.85. The van der Waals surface area contributed by atoms with Gasteiger partial charge in [0.2, 0.25) is 0 Å². The molecule has 2 rings (SSSR count). The second-order valence-corrected chi connectivity index (χ2v) is 4.57. The number of hydrogen-bond acceptors (Lipinski definition) is 5. The molecule has 110 valence electrons. The van der Waals surface area contributed by atoms with Gasteiger partial charge in [-0.1, -0.05) is 0 Å². The molecule has 0 aliphatic carbocycles. The summed E-state index contributed by atoms with van der Waals surface area (Å²) in [6.07, 6.45) is 0. The monoisotopic (exact) mass is 288 g/mol. The topological polar surface area (TPSA) is 94.6 Å². The minimum absolute atomic E-state index is 0.000600. The second-order valence-electron chi connectivity index (χ2n) is 4.57. The Morgan fingerprint density at radius 3 is 2.52 bits per heavy atom. The Hall–Kier alpha value is -2.60. The van der Waals surface area contributed by atoms with Crippen LogP contribution in [0.4, 0.5) is 0 Å². The molecule has 1 aromatic heterocycles. The molecule has 1 aromatic carbocycles. The van der Waals surface area contributed by atoms with E-state index in [4.69, 9.17) is 15.0 Å². The van der Waals surface area contributed by atoms with E-state index in [1.54, 1.807) is 37.3 Å². The van der Waals surface area contributed by atoms with Gasteiger partial charge in [-0.3, -0.25) is 15.0 Å². The van der Waals surface area contributed by atoms with Crippen molar-refractivity contribution in [3.8, 4) is 5.75 Å². The zero-order valence-electron chi connectivity index (χ0n) is 11.8. The number of ketones is 1. The summed E-state index contributed by atoms with van der Waals surface area (Å²) in [6, 6.07) is 8.52. The lowest BCUT2D eigenvalue weighted by Crippen LogP contribution is -2.30. The van der Waals surface area contributed by atoms with Crippen molar-refractivity contribution in [1.82, 2.24) is 5.43 Å². The van der Waals surface area contributed by atoms with Crippen molar-refractivity contribution in [2.45, 2.75) is 20.5 Å². The minimum Gasteiger partial charge on any atom is -0.486 e. The molecule has 6 heteroatoms. The number of amides is 1. The van der Waals surface area contributed by atoms with E-state index in [-0.39, 0.29) is 18.2 Å². The highest BCUT2D eigenvalue weighted by atomic mass is 16.5. The van der Waals surface area contributed by atoms with Crippen molar-refractivity contribution in [2.24, 2.45) is 5.84 Å². The van der Waals surface area contributed by atoms with Crippen LogP contribution < -0.4 is 16.0 Å². The van der Waals surface area contributed by atoms with E-state index in [0.717, 1.165) is 0 Å². The number of carbonyl (C=O) groups is 2. The Labute approximate surface area is 121 Å². The third kappa shape index (κ3) is 3.49. The third-order valence-electron chi connectivity index (χ3n) is 2.95. The van der Waals surface area contributed by atoms with Crippen LogP contribution >= 0.6 is 0 Å². The van der Waals surface area contributed by atoms with Crippen LogP contribution in [0.25, 0.3) is 0 Å². The van der Waals surface area contributed by atoms with Crippen LogP contribution in [0, 0.1) is 6.92 Å². The highest BCUT2D eigenvalue weighted by molar-refractivity contribution is 5.94. The van der Waals surface area contributed by atoms with E-state index in [1.165, 1.54) is 6.92 Å². The maximum absolute atomic E-state index is 11.4. The standard InChI is InChI=1S/C15H16N2O4/c1-9-7-13(21-14(9)15(19)17-16)8-20-12-5-3-11(4-6-12)10(2)18/h3-7H,8,16H2,1-2H3,(H,17,19). The zero-order valence-corrected chi connectivity index (χ0v) is 11.8. The Kier molecular flexibility index (Phi) is 4.39. The molecular formula is C15H16N2O4. The number of carbonyl (C=O) groups excluding carboxylic acids is 2. The van der Waals surface area contributed by atoms with Crippen LogP contribution in [-0.4, -0.2) is 11.7 Å². The Balaban J connectivity index is 2.03. The van der Waals surface area contributed by atoms with E-state index < -0.39 is 5.91 Å². The summed E-state index contributed by atoms with van der Waals surface area (Å²) >= 11 is 0. The summed E-state index contributed by atoms with van der Waals surface area (Å²) in [4.78, 5) is 22.6. The smallest absolute Gasteiger partial charge is 0.301 e.